The Bertz CT molecular complexity index is 1190. The molecule has 3 heterocycles. The lowest BCUT2D eigenvalue weighted by molar-refractivity contribution is -0.139. The Labute approximate surface area is 260 Å². The van der Waals surface area contributed by atoms with E-state index in [1.807, 2.05) is 13.0 Å². The molecule has 0 saturated carbocycles. The van der Waals surface area contributed by atoms with Gasteiger partial charge in [0.2, 0.25) is 18.2 Å². The Balaban J connectivity index is 1.04. The number of hydrogen-bond acceptors (Lipinski definition) is 8. The lowest BCUT2D eigenvalue weighted by Gasteiger charge is -2.31. The number of nitrogens with zero attached hydrogens (tertiary/aromatic N) is 2. The standard InChI is InChI=1S/C33H49N5O6/c1-24-26(31(42)37(23-39)28-14-15-29(40)36-30(28)41)12-10-13-27(24)34-19-8-6-4-3-5-7-9-20-35-32(43)44-22-25-16-18-33(2)17-11-21-38(25)33/h10,12-13,23,25,28,34H,3-9,11,14-22H2,1-2H3,(H,35,43)(H,36,40,41)/t25?,28?,33-/m0/s1. The Morgan fingerprint density at radius 2 is 1.80 bits per heavy atom. The fraction of sp³-hybridized carbons (Fsp3) is 0.667. The minimum atomic E-state index is -0.991. The number of amides is 5. The quantitative estimate of drug-likeness (QED) is 0.143. The van der Waals surface area contributed by atoms with Gasteiger partial charge in [0.15, 0.2) is 0 Å². The largest absolute Gasteiger partial charge is 0.448 e. The van der Waals surface area contributed by atoms with E-state index in [0.29, 0.717) is 42.3 Å². The highest BCUT2D eigenvalue weighted by molar-refractivity contribution is 6.08. The van der Waals surface area contributed by atoms with Crippen LogP contribution in [0.25, 0.3) is 0 Å². The minimum Gasteiger partial charge on any atom is -0.448 e. The highest BCUT2D eigenvalue weighted by Gasteiger charge is 2.45. The third-order valence-corrected chi connectivity index (χ3v) is 9.57. The van der Waals surface area contributed by atoms with Gasteiger partial charge in [0.25, 0.3) is 5.91 Å². The van der Waals surface area contributed by atoms with Crippen molar-refractivity contribution in [2.75, 3.05) is 31.6 Å². The van der Waals surface area contributed by atoms with Crippen molar-refractivity contribution in [3.05, 3.63) is 29.3 Å². The summed E-state index contributed by atoms with van der Waals surface area (Å²) in [5.74, 6) is -1.58. The van der Waals surface area contributed by atoms with Crippen molar-refractivity contribution in [3.8, 4) is 0 Å². The van der Waals surface area contributed by atoms with Crippen molar-refractivity contribution < 1.29 is 28.7 Å². The van der Waals surface area contributed by atoms with E-state index in [9.17, 15) is 24.0 Å². The summed E-state index contributed by atoms with van der Waals surface area (Å²) >= 11 is 0. The zero-order valence-electron chi connectivity index (χ0n) is 26.3. The van der Waals surface area contributed by atoms with Crippen LogP contribution >= 0.6 is 0 Å². The summed E-state index contributed by atoms with van der Waals surface area (Å²) in [5, 5.41) is 8.48. The van der Waals surface area contributed by atoms with E-state index in [0.717, 1.165) is 75.0 Å². The molecule has 2 unspecified atom stereocenters. The fourth-order valence-corrected chi connectivity index (χ4v) is 6.92. The third-order valence-electron chi connectivity index (χ3n) is 9.57. The number of hydrogen-bond donors (Lipinski definition) is 3. The smallest absolute Gasteiger partial charge is 0.407 e. The first-order valence-electron chi connectivity index (χ1n) is 16.4. The molecule has 0 radical (unpaired) electrons. The van der Waals surface area contributed by atoms with Crippen LogP contribution in [0.15, 0.2) is 18.2 Å². The van der Waals surface area contributed by atoms with Crippen LogP contribution in [0.3, 0.4) is 0 Å². The molecule has 242 valence electrons. The summed E-state index contributed by atoms with van der Waals surface area (Å²) in [6.45, 7) is 7.17. The molecule has 0 aliphatic carbocycles. The number of rotatable bonds is 16. The summed E-state index contributed by atoms with van der Waals surface area (Å²) in [7, 11) is 0. The van der Waals surface area contributed by atoms with E-state index in [2.05, 4.69) is 27.8 Å². The molecule has 5 amide bonds. The summed E-state index contributed by atoms with van der Waals surface area (Å²) in [6, 6.07) is 4.67. The maximum absolute atomic E-state index is 13.1. The number of alkyl carbamates (subject to hydrolysis) is 1. The number of carbonyl (C=O) groups excluding carboxylic acids is 5. The normalized spacial score (nSPS) is 23.1. The lowest BCUT2D eigenvalue weighted by atomic mass is 9.97. The molecule has 11 nitrogen and oxygen atoms in total. The number of ether oxygens (including phenoxy) is 1. The number of unbranched alkanes of at least 4 members (excludes halogenated alkanes) is 6. The molecule has 1 aromatic carbocycles. The number of fused-ring (bicyclic) bond motifs is 1. The maximum atomic E-state index is 13.1. The molecule has 3 N–H and O–H groups in total. The van der Waals surface area contributed by atoms with Crippen LogP contribution < -0.4 is 16.0 Å². The van der Waals surface area contributed by atoms with E-state index < -0.39 is 23.8 Å². The van der Waals surface area contributed by atoms with E-state index in [1.165, 1.54) is 19.3 Å². The van der Waals surface area contributed by atoms with E-state index in [1.54, 1.807) is 12.1 Å². The van der Waals surface area contributed by atoms with Crippen molar-refractivity contribution in [1.29, 1.82) is 0 Å². The van der Waals surface area contributed by atoms with Crippen LogP contribution in [-0.2, 0) is 19.1 Å². The van der Waals surface area contributed by atoms with Gasteiger partial charge < -0.3 is 15.4 Å². The first-order valence-corrected chi connectivity index (χ1v) is 16.4. The van der Waals surface area contributed by atoms with Crippen molar-refractivity contribution in [3.63, 3.8) is 0 Å². The van der Waals surface area contributed by atoms with Gasteiger partial charge in [0.1, 0.15) is 12.6 Å². The highest BCUT2D eigenvalue weighted by Crippen LogP contribution is 2.41. The molecule has 0 bridgehead atoms. The highest BCUT2D eigenvalue weighted by atomic mass is 16.5. The molecule has 3 aliphatic rings. The Morgan fingerprint density at radius 3 is 2.52 bits per heavy atom. The lowest BCUT2D eigenvalue weighted by Crippen LogP contribution is -2.53. The average Bonchev–Trinajstić information content (AvgIpc) is 3.53. The SMILES string of the molecule is Cc1c(NCCCCCCCCCNC(=O)OCC2CC[C@]3(C)CCCN23)cccc1C(=O)N(C=O)C1CCC(=O)NC1=O. The molecule has 4 rings (SSSR count). The van der Waals surface area contributed by atoms with Crippen molar-refractivity contribution >= 4 is 35.9 Å². The van der Waals surface area contributed by atoms with Crippen LogP contribution in [0, 0.1) is 6.92 Å². The zero-order chi connectivity index (χ0) is 31.5. The number of anilines is 1. The third kappa shape index (κ3) is 8.58. The van der Waals surface area contributed by atoms with E-state index >= 15 is 0 Å². The first-order chi connectivity index (χ1) is 21.2. The second-order valence-corrected chi connectivity index (χ2v) is 12.7. The summed E-state index contributed by atoms with van der Waals surface area (Å²) in [5.41, 5.74) is 2.19. The molecule has 0 spiro atoms. The van der Waals surface area contributed by atoms with E-state index in [-0.39, 0.29) is 18.9 Å². The molecular weight excluding hydrogens is 562 g/mol. The molecular formula is C33H49N5O6. The van der Waals surface area contributed by atoms with Crippen molar-refractivity contribution in [2.24, 2.45) is 0 Å². The van der Waals surface area contributed by atoms with E-state index in [4.69, 9.17) is 4.74 Å². The average molecular weight is 612 g/mol. The van der Waals surface area contributed by atoms with Gasteiger partial charge in [-0.05, 0) is 83.0 Å². The van der Waals surface area contributed by atoms with Gasteiger partial charge >= 0.3 is 6.09 Å². The predicted molar refractivity (Wildman–Crippen MR) is 167 cm³/mol. The van der Waals surface area contributed by atoms with Crippen LogP contribution in [0.1, 0.15) is 106 Å². The topological polar surface area (TPSA) is 137 Å². The van der Waals surface area contributed by atoms with Crippen molar-refractivity contribution in [2.45, 2.75) is 115 Å². The molecule has 3 fully saturated rings. The molecule has 3 atom stereocenters. The van der Waals surface area contributed by atoms with Gasteiger partial charge in [-0.25, -0.2) is 4.79 Å². The van der Waals surface area contributed by atoms with Crippen LogP contribution in [-0.4, -0.2) is 83.9 Å². The van der Waals surface area contributed by atoms with Crippen LogP contribution in [0.5, 0.6) is 0 Å². The first kappa shape index (κ1) is 33.4. The second-order valence-electron chi connectivity index (χ2n) is 12.7. The molecule has 1 aromatic rings. The molecule has 3 saturated heterocycles. The number of imide groups is 2. The van der Waals surface area contributed by atoms with Gasteiger partial charge in [-0.1, -0.05) is 38.2 Å². The van der Waals surface area contributed by atoms with Gasteiger partial charge in [0.05, 0.1) is 0 Å². The zero-order valence-corrected chi connectivity index (χ0v) is 26.3. The predicted octanol–water partition coefficient (Wildman–Crippen LogP) is 4.28. The molecule has 3 aliphatic heterocycles. The number of benzene rings is 1. The van der Waals surface area contributed by atoms with Gasteiger partial charge in [0, 0.05) is 42.3 Å². The van der Waals surface area contributed by atoms with Gasteiger partial charge in [-0.3, -0.25) is 34.3 Å². The van der Waals surface area contributed by atoms with Gasteiger partial charge in [-0.2, -0.15) is 0 Å². The molecule has 11 heteroatoms. The summed E-state index contributed by atoms with van der Waals surface area (Å²) in [4.78, 5) is 64.1. The van der Waals surface area contributed by atoms with Crippen LogP contribution in [0.2, 0.25) is 0 Å². The Kier molecular flexibility index (Phi) is 12.2. The number of nitrogens with one attached hydrogen (secondary N) is 3. The number of carbonyl (C=O) groups is 5. The Hall–Kier alpha value is -3.47. The summed E-state index contributed by atoms with van der Waals surface area (Å²) in [6.07, 6.45) is 12.6. The maximum Gasteiger partial charge on any atom is 0.407 e. The Morgan fingerprint density at radius 1 is 1.07 bits per heavy atom. The molecule has 44 heavy (non-hydrogen) atoms. The molecule has 0 aromatic heterocycles. The minimum absolute atomic E-state index is 0.0847. The monoisotopic (exact) mass is 611 g/mol. The van der Waals surface area contributed by atoms with Crippen LogP contribution in [0.4, 0.5) is 10.5 Å². The fourth-order valence-electron chi connectivity index (χ4n) is 6.92. The second kappa shape index (κ2) is 16.0. The number of piperidine rings is 1. The van der Waals surface area contributed by atoms with Gasteiger partial charge in [-0.15, -0.1) is 0 Å². The summed E-state index contributed by atoms with van der Waals surface area (Å²) < 4.78 is 5.51. The van der Waals surface area contributed by atoms with Crippen molar-refractivity contribution in [1.82, 2.24) is 20.4 Å².